The van der Waals surface area contributed by atoms with Crippen molar-refractivity contribution >= 4 is 11.8 Å². The van der Waals surface area contributed by atoms with Gasteiger partial charge in [0.05, 0.1) is 6.61 Å². The van der Waals surface area contributed by atoms with Crippen LogP contribution in [-0.2, 0) is 17.1 Å². The van der Waals surface area contributed by atoms with E-state index in [2.05, 4.69) is 0 Å². The van der Waals surface area contributed by atoms with E-state index >= 15 is 0 Å². The maximum Gasteiger partial charge on any atom is 0.303 e. The Kier molecular flexibility index (Phi) is 5.26. The Morgan fingerprint density at radius 1 is 1.19 bits per heavy atom. The van der Waals surface area contributed by atoms with Gasteiger partial charge in [-0.15, -0.1) is 0 Å². The minimum absolute atomic E-state index is 0.0285. The molecule has 6 heteroatoms. The highest BCUT2D eigenvalue weighted by molar-refractivity contribution is 6.01. The standard InChI is InChI=1S/C21H20F2O4/c1-21(22,23)15-5-2-4-13(10-15)17-11-14-7-8-18(24)16(14)12-19(17)27-9-3-6-20(25)26/h2,4-5,10-12H,3,6-9H2,1H3,(H,25,26). The second kappa shape index (κ2) is 7.47. The summed E-state index contributed by atoms with van der Waals surface area (Å²) in [5, 5.41) is 8.74. The number of halogens is 2. The van der Waals surface area contributed by atoms with Crippen LogP contribution in [0, 0.1) is 0 Å². The fraction of sp³-hybridized carbons (Fsp3) is 0.333. The molecule has 0 radical (unpaired) electrons. The van der Waals surface area contributed by atoms with Crippen molar-refractivity contribution in [1.82, 2.24) is 0 Å². The van der Waals surface area contributed by atoms with Gasteiger partial charge in [0.1, 0.15) is 5.75 Å². The van der Waals surface area contributed by atoms with Gasteiger partial charge in [0, 0.05) is 36.5 Å². The number of hydrogen-bond donors (Lipinski definition) is 1. The van der Waals surface area contributed by atoms with Crippen LogP contribution in [0.4, 0.5) is 8.78 Å². The van der Waals surface area contributed by atoms with Crippen LogP contribution < -0.4 is 4.74 Å². The summed E-state index contributed by atoms with van der Waals surface area (Å²) in [7, 11) is 0. The number of alkyl halides is 2. The monoisotopic (exact) mass is 374 g/mol. The van der Waals surface area contributed by atoms with Crippen LogP contribution in [-0.4, -0.2) is 23.5 Å². The van der Waals surface area contributed by atoms with Gasteiger partial charge < -0.3 is 9.84 Å². The average molecular weight is 374 g/mol. The zero-order valence-electron chi connectivity index (χ0n) is 14.9. The van der Waals surface area contributed by atoms with Gasteiger partial charge in [0.15, 0.2) is 5.78 Å². The second-order valence-electron chi connectivity index (χ2n) is 6.74. The van der Waals surface area contributed by atoms with Gasteiger partial charge in [-0.2, -0.15) is 0 Å². The summed E-state index contributed by atoms with van der Waals surface area (Å²) < 4.78 is 33.2. The van der Waals surface area contributed by atoms with E-state index in [1.54, 1.807) is 18.2 Å². The molecular weight excluding hydrogens is 354 g/mol. The molecule has 0 aliphatic heterocycles. The van der Waals surface area contributed by atoms with Crippen molar-refractivity contribution in [1.29, 1.82) is 0 Å². The molecule has 0 unspecified atom stereocenters. The molecule has 27 heavy (non-hydrogen) atoms. The number of carboxylic acid groups (broad SMARTS) is 1. The maximum atomic E-state index is 13.7. The molecule has 1 aliphatic rings. The summed E-state index contributed by atoms with van der Waals surface area (Å²) in [4.78, 5) is 22.7. The number of hydrogen-bond acceptors (Lipinski definition) is 3. The zero-order valence-corrected chi connectivity index (χ0v) is 14.9. The van der Waals surface area contributed by atoms with E-state index in [1.165, 1.54) is 12.1 Å². The number of carbonyl (C=O) groups excluding carboxylic acids is 1. The van der Waals surface area contributed by atoms with Gasteiger partial charge in [-0.05, 0) is 42.2 Å². The Hall–Kier alpha value is -2.76. The Balaban J connectivity index is 1.98. The molecule has 0 amide bonds. The number of Topliss-reactive ketones (excluding diaryl/α,β-unsaturated/α-hetero) is 1. The Morgan fingerprint density at radius 3 is 2.67 bits per heavy atom. The van der Waals surface area contributed by atoms with Crippen molar-refractivity contribution in [3.8, 4) is 16.9 Å². The largest absolute Gasteiger partial charge is 0.493 e. The number of ether oxygens (including phenoxy) is 1. The van der Waals surface area contributed by atoms with E-state index in [9.17, 15) is 18.4 Å². The van der Waals surface area contributed by atoms with Crippen molar-refractivity contribution < 1.29 is 28.2 Å². The number of rotatable bonds is 7. The van der Waals surface area contributed by atoms with E-state index in [0.29, 0.717) is 41.7 Å². The van der Waals surface area contributed by atoms with Gasteiger partial charge in [0.25, 0.3) is 5.92 Å². The fourth-order valence-corrected chi connectivity index (χ4v) is 3.18. The minimum Gasteiger partial charge on any atom is -0.493 e. The number of benzene rings is 2. The van der Waals surface area contributed by atoms with Crippen LogP contribution in [0.5, 0.6) is 5.75 Å². The molecule has 1 aliphatic carbocycles. The lowest BCUT2D eigenvalue weighted by Gasteiger charge is -2.16. The summed E-state index contributed by atoms with van der Waals surface area (Å²) >= 11 is 0. The Morgan fingerprint density at radius 2 is 1.96 bits per heavy atom. The van der Waals surface area contributed by atoms with Gasteiger partial charge in [-0.3, -0.25) is 9.59 Å². The fourth-order valence-electron chi connectivity index (χ4n) is 3.18. The lowest BCUT2D eigenvalue weighted by molar-refractivity contribution is -0.137. The van der Waals surface area contributed by atoms with Gasteiger partial charge in [-0.25, -0.2) is 8.78 Å². The second-order valence-corrected chi connectivity index (χ2v) is 6.74. The van der Waals surface area contributed by atoms with Crippen molar-refractivity contribution in [2.24, 2.45) is 0 Å². The van der Waals surface area contributed by atoms with Crippen molar-refractivity contribution in [3.05, 3.63) is 53.1 Å². The summed E-state index contributed by atoms with van der Waals surface area (Å²) in [5.41, 5.74) is 2.56. The van der Waals surface area contributed by atoms with Crippen LogP contribution in [0.2, 0.25) is 0 Å². The lowest BCUT2D eigenvalue weighted by atomic mass is 9.96. The first-order valence-corrected chi connectivity index (χ1v) is 8.79. The van der Waals surface area contributed by atoms with E-state index in [4.69, 9.17) is 9.84 Å². The van der Waals surface area contributed by atoms with E-state index in [1.807, 2.05) is 6.07 Å². The quantitative estimate of drug-likeness (QED) is 0.705. The zero-order chi connectivity index (χ0) is 19.6. The van der Waals surface area contributed by atoms with Crippen molar-refractivity contribution in [2.45, 2.75) is 38.5 Å². The van der Waals surface area contributed by atoms with Crippen molar-refractivity contribution in [3.63, 3.8) is 0 Å². The average Bonchev–Trinajstić information content (AvgIpc) is 2.97. The smallest absolute Gasteiger partial charge is 0.303 e. The van der Waals surface area contributed by atoms with Crippen LogP contribution in [0.1, 0.15) is 47.7 Å². The molecular formula is C21H20F2O4. The van der Waals surface area contributed by atoms with E-state index < -0.39 is 11.9 Å². The third-order valence-corrected chi connectivity index (χ3v) is 4.60. The molecule has 0 heterocycles. The number of carboxylic acids is 1. The third-order valence-electron chi connectivity index (χ3n) is 4.60. The Bertz CT molecular complexity index is 884. The van der Waals surface area contributed by atoms with Gasteiger partial charge in [0.2, 0.25) is 0 Å². The van der Waals surface area contributed by atoms with Crippen LogP contribution in [0.15, 0.2) is 36.4 Å². The Labute approximate surface area is 155 Å². The van der Waals surface area contributed by atoms with Crippen LogP contribution in [0.25, 0.3) is 11.1 Å². The third kappa shape index (κ3) is 4.32. The molecule has 4 nitrogen and oxygen atoms in total. The maximum absolute atomic E-state index is 13.7. The SMILES string of the molecule is CC(F)(F)c1cccc(-c2cc3c(cc2OCCCC(=O)O)C(=O)CC3)c1. The number of ketones is 1. The van der Waals surface area contributed by atoms with Crippen LogP contribution >= 0.6 is 0 Å². The molecule has 142 valence electrons. The molecule has 0 atom stereocenters. The summed E-state index contributed by atoms with van der Waals surface area (Å²) in [6, 6.07) is 9.54. The topological polar surface area (TPSA) is 63.6 Å². The lowest BCUT2D eigenvalue weighted by Crippen LogP contribution is -2.07. The highest BCUT2D eigenvalue weighted by Crippen LogP contribution is 2.38. The van der Waals surface area contributed by atoms with E-state index in [-0.39, 0.29) is 24.4 Å². The first-order chi connectivity index (χ1) is 12.8. The summed E-state index contributed by atoms with van der Waals surface area (Å²) in [6.07, 6.45) is 1.32. The summed E-state index contributed by atoms with van der Waals surface area (Å²) in [5.74, 6) is -3.45. The molecule has 0 aromatic heterocycles. The highest BCUT2D eigenvalue weighted by atomic mass is 19.3. The normalized spacial score (nSPS) is 13.5. The minimum atomic E-state index is -2.97. The van der Waals surface area contributed by atoms with E-state index in [0.717, 1.165) is 12.5 Å². The van der Waals surface area contributed by atoms with Gasteiger partial charge in [-0.1, -0.05) is 18.2 Å². The molecule has 2 aromatic carbocycles. The predicted molar refractivity (Wildman–Crippen MR) is 96.5 cm³/mol. The first-order valence-electron chi connectivity index (χ1n) is 8.79. The number of fused-ring (bicyclic) bond motifs is 1. The number of carbonyl (C=O) groups is 2. The molecule has 0 spiro atoms. The number of aliphatic carboxylic acids is 1. The predicted octanol–water partition coefficient (Wildman–Crippen LogP) is 4.84. The summed E-state index contributed by atoms with van der Waals surface area (Å²) in [6.45, 7) is 1.01. The van der Waals surface area contributed by atoms with Gasteiger partial charge >= 0.3 is 5.97 Å². The van der Waals surface area contributed by atoms with Crippen molar-refractivity contribution in [2.75, 3.05) is 6.61 Å². The molecule has 3 rings (SSSR count). The molecule has 1 N–H and O–H groups in total. The molecule has 0 saturated heterocycles. The van der Waals surface area contributed by atoms with Crippen LogP contribution in [0.3, 0.4) is 0 Å². The molecule has 0 saturated carbocycles. The molecule has 0 bridgehead atoms. The molecule has 0 fully saturated rings. The first kappa shape index (κ1) is 19.0. The number of aryl methyl sites for hydroxylation is 1. The highest BCUT2D eigenvalue weighted by Gasteiger charge is 2.26. The molecule has 2 aromatic rings.